The van der Waals surface area contributed by atoms with Crippen LogP contribution in [0.3, 0.4) is 0 Å². The van der Waals surface area contributed by atoms with E-state index in [1.54, 1.807) is 6.92 Å². The van der Waals surface area contributed by atoms with Crippen LogP contribution in [0.4, 0.5) is 9.18 Å². The first-order valence-electron chi connectivity index (χ1n) is 10.7. The lowest BCUT2D eigenvalue weighted by Crippen LogP contribution is -2.43. The number of urea groups is 1. The third-order valence-electron chi connectivity index (χ3n) is 5.91. The molecule has 0 bridgehead atoms. The molecule has 0 saturated carbocycles. The minimum Gasteiger partial charge on any atom is -0.354 e. The molecule has 0 aromatic heterocycles. The molecule has 0 aliphatic carbocycles. The van der Waals surface area contributed by atoms with Gasteiger partial charge in [0, 0.05) is 12.5 Å². The second-order valence-electron chi connectivity index (χ2n) is 8.13. The van der Waals surface area contributed by atoms with Crippen LogP contribution in [0.1, 0.15) is 29.5 Å². The van der Waals surface area contributed by atoms with Crippen molar-refractivity contribution < 1.29 is 18.8 Å². The third kappa shape index (κ3) is 4.62. The lowest BCUT2D eigenvalue weighted by molar-refractivity contribution is -0.134. The van der Waals surface area contributed by atoms with Crippen LogP contribution in [-0.4, -0.2) is 35.8 Å². The number of rotatable bonds is 7. The predicted molar refractivity (Wildman–Crippen MR) is 122 cm³/mol. The van der Waals surface area contributed by atoms with Crippen LogP contribution >= 0.6 is 0 Å². The fraction of sp³-hybridized carbons (Fsp3) is 0.192. The Morgan fingerprint density at radius 2 is 1.48 bits per heavy atom. The zero-order chi connectivity index (χ0) is 23.4. The smallest absolute Gasteiger partial charge is 0.325 e. The summed E-state index contributed by atoms with van der Waals surface area (Å²) in [6.07, 6.45) is 0. The van der Waals surface area contributed by atoms with Crippen LogP contribution in [0.2, 0.25) is 0 Å². The number of halogens is 1. The Labute approximate surface area is 191 Å². The van der Waals surface area contributed by atoms with Crippen LogP contribution in [0.15, 0.2) is 84.9 Å². The Kier molecular flexibility index (Phi) is 6.22. The van der Waals surface area contributed by atoms with Crippen molar-refractivity contribution in [2.75, 3.05) is 13.1 Å². The molecule has 7 heteroatoms. The third-order valence-corrected chi connectivity index (χ3v) is 5.91. The van der Waals surface area contributed by atoms with Gasteiger partial charge in [-0.15, -0.1) is 0 Å². The van der Waals surface area contributed by atoms with Crippen LogP contribution < -0.4 is 10.6 Å². The van der Waals surface area contributed by atoms with Crippen molar-refractivity contribution in [1.82, 2.24) is 15.5 Å². The number of imide groups is 1. The highest BCUT2D eigenvalue weighted by Crippen LogP contribution is 2.29. The first kappa shape index (κ1) is 22.2. The number of carbonyl (C=O) groups excluding carboxylic acids is 3. The highest BCUT2D eigenvalue weighted by atomic mass is 19.1. The molecule has 1 fully saturated rings. The number of amides is 4. The lowest BCUT2D eigenvalue weighted by Gasteiger charge is -2.22. The normalized spacial score (nSPS) is 17.8. The van der Waals surface area contributed by atoms with Crippen molar-refractivity contribution in [3.8, 4) is 0 Å². The molecule has 6 nitrogen and oxygen atoms in total. The number of hydrogen-bond acceptors (Lipinski definition) is 3. The molecule has 33 heavy (non-hydrogen) atoms. The molecule has 1 aliphatic heterocycles. The van der Waals surface area contributed by atoms with E-state index in [2.05, 4.69) is 10.6 Å². The van der Waals surface area contributed by atoms with Crippen molar-refractivity contribution in [2.24, 2.45) is 0 Å². The minimum absolute atomic E-state index is 0.0797. The van der Waals surface area contributed by atoms with Crippen molar-refractivity contribution in [2.45, 2.75) is 18.4 Å². The monoisotopic (exact) mass is 445 g/mol. The van der Waals surface area contributed by atoms with E-state index in [1.165, 1.54) is 24.3 Å². The Hall–Kier alpha value is -4.00. The summed E-state index contributed by atoms with van der Waals surface area (Å²) < 4.78 is 13.3. The molecule has 1 aliphatic rings. The van der Waals surface area contributed by atoms with Crippen molar-refractivity contribution >= 4 is 17.8 Å². The van der Waals surface area contributed by atoms with Gasteiger partial charge in [0.25, 0.3) is 5.91 Å². The summed E-state index contributed by atoms with van der Waals surface area (Å²) >= 11 is 0. The van der Waals surface area contributed by atoms with E-state index in [9.17, 15) is 18.8 Å². The fourth-order valence-corrected chi connectivity index (χ4v) is 4.03. The van der Waals surface area contributed by atoms with Crippen molar-refractivity contribution in [1.29, 1.82) is 0 Å². The molecular weight excluding hydrogens is 421 g/mol. The molecule has 0 radical (unpaired) electrons. The Bertz CT molecular complexity index is 1110. The van der Waals surface area contributed by atoms with Gasteiger partial charge in [-0.25, -0.2) is 9.18 Å². The molecule has 1 saturated heterocycles. The van der Waals surface area contributed by atoms with Crippen molar-refractivity contribution in [3.63, 3.8) is 0 Å². The van der Waals surface area contributed by atoms with E-state index < -0.39 is 35.7 Å². The van der Waals surface area contributed by atoms with Gasteiger partial charge >= 0.3 is 6.03 Å². The fourth-order valence-electron chi connectivity index (χ4n) is 4.03. The zero-order valence-electron chi connectivity index (χ0n) is 18.1. The second-order valence-corrected chi connectivity index (χ2v) is 8.13. The SMILES string of the molecule is CC1(c2ccc(F)cc2)NC(=O)N(CC(=O)NCC(c2ccccc2)c2ccccc2)C1=O. The molecule has 3 aromatic rings. The largest absolute Gasteiger partial charge is 0.354 e. The first-order valence-corrected chi connectivity index (χ1v) is 10.7. The second kappa shape index (κ2) is 9.24. The summed E-state index contributed by atoms with van der Waals surface area (Å²) in [5, 5.41) is 5.48. The van der Waals surface area contributed by atoms with E-state index in [4.69, 9.17) is 0 Å². The maximum Gasteiger partial charge on any atom is 0.325 e. The van der Waals surface area contributed by atoms with Crippen LogP contribution in [0.25, 0.3) is 0 Å². The molecule has 4 amide bonds. The highest BCUT2D eigenvalue weighted by molar-refractivity contribution is 6.09. The summed E-state index contributed by atoms with van der Waals surface area (Å²) in [7, 11) is 0. The molecule has 1 atom stereocenters. The molecule has 1 unspecified atom stereocenters. The van der Waals surface area contributed by atoms with Crippen LogP contribution in [-0.2, 0) is 15.1 Å². The van der Waals surface area contributed by atoms with Gasteiger partial charge in [0.1, 0.15) is 17.9 Å². The van der Waals surface area contributed by atoms with E-state index in [0.29, 0.717) is 12.1 Å². The number of hydrogen-bond donors (Lipinski definition) is 2. The van der Waals surface area contributed by atoms with Crippen LogP contribution in [0, 0.1) is 5.82 Å². The van der Waals surface area contributed by atoms with E-state index >= 15 is 0 Å². The quantitative estimate of drug-likeness (QED) is 0.546. The molecule has 3 aromatic carbocycles. The summed E-state index contributed by atoms with van der Waals surface area (Å²) in [6, 6.07) is 24.3. The van der Waals surface area contributed by atoms with Gasteiger partial charge < -0.3 is 10.6 Å². The first-order chi connectivity index (χ1) is 15.9. The standard InChI is InChI=1S/C26H24FN3O3/c1-26(20-12-14-21(27)15-13-20)24(32)30(25(33)29-26)17-23(31)28-16-22(18-8-4-2-5-9-18)19-10-6-3-7-11-19/h2-15,22H,16-17H2,1H3,(H,28,31)(H,29,33). The average molecular weight is 445 g/mol. The summed E-state index contributed by atoms with van der Waals surface area (Å²) in [4.78, 5) is 39.1. The maximum atomic E-state index is 13.3. The number of benzene rings is 3. The Morgan fingerprint density at radius 3 is 2.03 bits per heavy atom. The Balaban J connectivity index is 1.45. The molecule has 2 N–H and O–H groups in total. The minimum atomic E-state index is -1.36. The van der Waals surface area contributed by atoms with Crippen molar-refractivity contribution in [3.05, 3.63) is 107 Å². The van der Waals surface area contributed by atoms with Gasteiger partial charge in [-0.2, -0.15) is 0 Å². The van der Waals surface area contributed by atoms with Gasteiger partial charge in [-0.1, -0.05) is 72.8 Å². The number of carbonyl (C=O) groups is 3. The molecular formula is C26H24FN3O3. The summed E-state index contributed by atoms with van der Waals surface area (Å²) in [5.41, 5.74) is 1.17. The summed E-state index contributed by atoms with van der Waals surface area (Å²) in [6.45, 7) is 1.45. The maximum absolute atomic E-state index is 13.3. The highest BCUT2D eigenvalue weighted by Gasteiger charge is 2.49. The van der Waals surface area contributed by atoms with Crippen LogP contribution in [0.5, 0.6) is 0 Å². The van der Waals surface area contributed by atoms with E-state index in [0.717, 1.165) is 16.0 Å². The van der Waals surface area contributed by atoms with Gasteiger partial charge in [0.15, 0.2) is 0 Å². The summed E-state index contributed by atoms with van der Waals surface area (Å²) in [5.74, 6) is -1.53. The van der Waals surface area contributed by atoms with E-state index in [1.807, 2.05) is 60.7 Å². The predicted octanol–water partition coefficient (Wildman–Crippen LogP) is 3.54. The Morgan fingerprint density at radius 1 is 0.939 bits per heavy atom. The molecule has 1 heterocycles. The van der Waals surface area contributed by atoms with Gasteiger partial charge in [0.05, 0.1) is 0 Å². The molecule has 0 spiro atoms. The number of nitrogens with zero attached hydrogens (tertiary/aromatic N) is 1. The molecule has 168 valence electrons. The topological polar surface area (TPSA) is 78.5 Å². The van der Waals surface area contributed by atoms with Gasteiger partial charge in [-0.3, -0.25) is 14.5 Å². The van der Waals surface area contributed by atoms with Gasteiger partial charge in [-0.05, 0) is 35.7 Å². The number of nitrogens with one attached hydrogen (secondary N) is 2. The zero-order valence-corrected chi connectivity index (χ0v) is 18.1. The van der Waals surface area contributed by atoms with Gasteiger partial charge in [0.2, 0.25) is 5.91 Å². The average Bonchev–Trinajstić information content (AvgIpc) is 3.05. The molecule has 4 rings (SSSR count). The lowest BCUT2D eigenvalue weighted by atomic mass is 9.91. The van der Waals surface area contributed by atoms with E-state index in [-0.39, 0.29) is 5.92 Å².